The molecule has 0 saturated heterocycles. The van der Waals surface area contributed by atoms with Crippen molar-refractivity contribution in [3.63, 3.8) is 0 Å². The van der Waals surface area contributed by atoms with Crippen molar-refractivity contribution < 1.29 is 4.79 Å². The van der Waals surface area contributed by atoms with Crippen molar-refractivity contribution in [3.8, 4) is 0 Å². The summed E-state index contributed by atoms with van der Waals surface area (Å²) in [5.41, 5.74) is 1.59. The van der Waals surface area contributed by atoms with Crippen molar-refractivity contribution in [2.45, 2.75) is 53.0 Å². The molecule has 1 amide bonds. The van der Waals surface area contributed by atoms with E-state index in [2.05, 4.69) is 45.0 Å². The second kappa shape index (κ2) is 4.90. The molecule has 0 radical (unpaired) electrons. The summed E-state index contributed by atoms with van der Waals surface area (Å²) in [5.74, 6) is 0.237. The second-order valence-corrected chi connectivity index (χ2v) is 5.54. The van der Waals surface area contributed by atoms with E-state index in [9.17, 15) is 4.79 Å². The molecule has 17 heavy (non-hydrogen) atoms. The van der Waals surface area contributed by atoms with Crippen molar-refractivity contribution in [2.24, 2.45) is 0 Å². The lowest BCUT2D eigenvalue weighted by Gasteiger charge is -2.24. The number of hydrogen-bond donors (Lipinski definition) is 1. The van der Waals surface area contributed by atoms with Gasteiger partial charge in [-0.3, -0.25) is 9.48 Å². The van der Waals surface area contributed by atoms with Crippen LogP contribution in [0.4, 0.5) is 0 Å². The third kappa shape index (κ3) is 2.87. The number of carbonyl (C=O) groups excluding carboxylic acids is 1. The van der Waals surface area contributed by atoms with E-state index in [0.717, 1.165) is 5.69 Å². The summed E-state index contributed by atoms with van der Waals surface area (Å²) < 4.78 is 1.95. The molecule has 0 atom stereocenters. The number of carbonyl (C=O) groups is 1. The molecule has 1 rings (SSSR count). The molecule has 1 N–H and O–H groups in total. The Morgan fingerprint density at radius 2 is 2.06 bits per heavy atom. The Morgan fingerprint density at radius 1 is 1.47 bits per heavy atom. The highest BCUT2D eigenvalue weighted by molar-refractivity contribution is 5.95. The van der Waals surface area contributed by atoms with Gasteiger partial charge in [-0.2, -0.15) is 5.10 Å². The van der Waals surface area contributed by atoms with Crippen LogP contribution >= 0.6 is 0 Å². The summed E-state index contributed by atoms with van der Waals surface area (Å²) in [5, 5.41) is 7.20. The summed E-state index contributed by atoms with van der Waals surface area (Å²) in [4.78, 5) is 11.9. The molecule has 0 bridgehead atoms. The van der Waals surface area contributed by atoms with Gasteiger partial charge in [0.15, 0.2) is 0 Å². The Hall–Kier alpha value is -1.32. The molecule has 96 valence electrons. The van der Waals surface area contributed by atoms with Crippen molar-refractivity contribution >= 4 is 5.91 Å². The minimum absolute atomic E-state index is 0.0355. The van der Waals surface area contributed by atoms with Gasteiger partial charge in [0.1, 0.15) is 0 Å². The fourth-order valence-corrected chi connectivity index (χ4v) is 1.88. The van der Waals surface area contributed by atoms with Crippen LogP contribution in [0.3, 0.4) is 0 Å². The van der Waals surface area contributed by atoms with E-state index in [1.54, 1.807) is 6.20 Å². The Labute approximate surface area is 103 Å². The first kappa shape index (κ1) is 13.7. The van der Waals surface area contributed by atoms with Gasteiger partial charge in [-0.1, -0.05) is 13.8 Å². The minimum Gasteiger partial charge on any atom is -0.352 e. The Balaban J connectivity index is 3.25. The first-order chi connectivity index (χ1) is 7.79. The average Bonchev–Trinajstić information content (AvgIpc) is 2.61. The zero-order valence-corrected chi connectivity index (χ0v) is 11.7. The van der Waals surface area contributed by atoms with Crippen LogP contribution in [0.15, 0.2) is 6.20 Å². The minimum atomic E-state index is -0.107. The first-order valence-electron chi connectivity index (χ1n) is 6.15. The van der Waals surface area contributed by atoms with Gasteiger partial charge in [-0.15, -0.1) is 0 Å². The number of nitrogens with one attached hydrogen (secondary N) is 1. The lowest BCUT2D eigenvalue weighted by atomic mass is 10.0. The zero-order valence-electron chi connectivity index (χ0n) is 11.7. The molecule has 4 heteroatoms. The van der Waals surface area contributed by atoms with Gasteiger partial charge in [0.05, 0.1) is 23.0 Å². The molecular formula is C13H23N3O. The molecule has 0 saturated carbocycles. The molecule has 4 nitrogen and oxygen atoms in total. The molecule has 1 aromatic rings. The quantitative estimate of drug-likeness (QED) is 0.878. The van der Waals surface area contributed by atoms with Crippen LogP contribution in [-0.4, -0.2) is 22.2 Å². The standard InChI is InChI=1S/C13H23N3O/c1-7-14-12(17)10-8-15-16(13(4,5)6)11(10)9(2)3/h8-9H,7H2,1-6H3,(H,14,17). The Morgan fingerprint density at radius 3 is 2.47 bits per heavy atom. The third-order valence-electron chi connectivity index (χ3n) is 2.57. The largest absolute Gasteiger partial charge is 0.352 e. The molecule has 0 fully saturated rings. The number of hydrogen-bond acceptors (Lipinski definition) is 2. The van der Waals surface area contributed by atoms with Crippen LogP contribution in [-0.2, 0) is 5.54 Å². The van der Waals surface area contributed by atoms with Gasteiger partial charge >= 0.3 is 0 Å². The van der Waals surface area contributed by atoms with Crippen LogP contribution in [0.25, 0.3) is 0 Å². The van der Waals surface area contributed by atoms with Crippen molar-refractivity contribution in [1.82, 2.24) is 15.1 Å². The van der Waals surface area contributed by atoms with E-state index in [1.807, 2.05) is 11.6 Å². The van der Waals surface area contributed by atoms with Crippen molar-refractivity contribution in [1.29, 1.82) is 0 Å². The number of aromatic nitrogens is 2. The maximum Gasteiger partial charge on any atom is 0.254 e. The van der Waals surface area contributed by atoms with E-state index < -0.39 is 0 Å². The van der Waals surface area contributed by atoms with E-state index in [4.69, 9.17) is 0 Å². The predicted octanol–water partition coefficient (Wildman–Crippen LogP) is 2.51. The highest BCUT2D eigenvalue weighted by Crippen LogP contribution is 2.25. The van der Waals surface area contributed by atoms with E-state index >= 15 is 0 Å². The lowest BCUT2D eigenvalue weighted by molar-refractivity contribution is 0.0954. The van der Waals surface area contributed by atoms with Crippen LogP contribution in [0.1, 0.15) is 63.5 Å². The van der Waals surface area contributed by atoms with Crippen LogP contribution in [0.5, 0.6) is 0 Å². The van der Waals surface area contributed by atoms with Gasteiger partial charge < -0.3 is 5.32 Å². The number of nitrogens with zero attached hydrogens (tertiary/aromatic N) is 2. The summed E-state index contributed by atoms with van der Waals surface area (Å²) >= 11 is 0. The molecule has 0 spiro atoms. The summed E-state index contributed by atoms with van der Waals surface area (Å²) in [6.07, 6.45) is 1.67. The molecule has 0 aromatic carbocycles. The topological polar surface area (TPSA) is 46.9 Å². The van der Waals surface area contributed by atoms with Crippen LogP contribution < -0.4 is 5.32 Å². The fraction of sp³-hybridized carbons (Fsp3) is 0.692. The monoisotopic (exact) mass is 237 g/mol. The molecule has 0 aliphatic carbocycles. The molecule has 0 unspecified atom stereocenters. The van der Waals surface area contributed by atoms with Gasteiger partial charge in [0, 0.05) is 6.54 Å². The lowest BCUT2D eigenvalue weighted by Crippen LogP contribution is -2.28. The fourth-order valence-electron chi connectivity index (χ4n) is 1.88. The zero-order chi connectivity index (χ0) is 13.2. The molecule has 1 aromatic heterocycles. The smallest absolute Gasteiger partial charge is 0.254 e. The second-order valence-electron chi connectivity index (χ2n) is 5.54. The number of rotatable bonds is 3. The third-order valence-corrected chi connectivity index (χ3v) is 2.57. The van der Waals surface area contributed by atoms with Crippen molar-refractivity contribution in [3.05, 3.63) is 17.5 Å². The van der Waals surface area contributed by atoms with E-state index in [-0.39, 0.29) is 17.4 Å². The average molecular weight is 237 g/mol. The molecule has 0 aliphatic rings. The van der Waals surface area contributed by atoms with Gasteiger partial charge in [-0.05, 0) is 33.6 Å². The normalized spacial score (nSPS) is 11.9. The maximum atomic E-state index is 11.9. The van der Waals surface area contributed by atoms with E-state index in [1.165, 1.54) is 0 Å². The van der Waals surface area contributed by atoms with Gasteiger partial charge in [-0.25, -0.2) is 0 Å². The number of amides is 1. The summed E-state index contributed by atoms with van der Waals surface area (Å²) in [6.45, 7) is 13.0. The van der Waals surface area contributed by atoms with Crippen molar-refractivity contribution in [2.75, 3.05) is 6.54 Å². The van der Waals surface area contributed by atoms with Gasteiger partial charge in [0.25, 0.3) is 5.91 Å². The summed E-state index contributed by atoms with van der Waals surface area (Å²) in [6, 6.07) is 0. The highest BCUT2D eigenvalue weighted by Gasteiger charge is 2.25. The Kier molecular flexibility index (Phi) is 3.96. The SMILES string of the molecule is CCNC(=O)c1cnn(C(C)(C)C)c1C(C)C. The molecular weight excluding hydrogens is 214 g/mol. The van der Waals surface area contributed by atoms with Crippen LogP contribution in [0, 0.1) is 0 Å². The van der Waals surface area contributed by atoms with Crippen LogP contribution in [0.2, 0.25) is 0 Å². The summed E-state index contributed by atoms with van der Waals surface area (Å²) in [7, 11) is 0. The maximum absolute atomic E-state index is 11.9. The molecule has 0 aliphatic heterocycles. The Bertz CT molecular complexity index is 399. The van der Waals surface area contributed by atoms with Gasteiger partial charge in [0.2, 0.25) is 0 Å². The predicted molar refractivity (Wildman–Crippen MR) is 69.3 cm³/mol. The van der Waals surface area contributed by atoms with E-state index in [0.29, 0.717) is 12.1 Å². The molecule has 1 heterocycles. The first-order valence-corrected chi connectivity index (χ1v) is 6.15. The highest BCUT2D eigenvalue weighted by atomic mass is 16.1.